The SMILES string of the molecule is Cc1cccc(C2CCCN2C(=O)C2CC3CCCC(C2)C3N)c1C.Cl. The van der Waals surface area contributed by atoms with Crippen molar-refractivity contribution in [2.45, 2.75) is 70.9 Å². The van der Waals surface area contributed by atoms with Gasteiger partial charge >= 0.3 is 0 Å². The molecule has 3 unspecified atom stereocenters. The van der Waals surface area contributed by atoms with Crippen molar-refractivity contribution in [3.63, 3.8) is 0 Å². The van der Waals surface area contributed by atoms with Crippen LogP contribution in [0.3, 0.4) is 0 Å². The average Bonchev–Trinajstić information content (AvgIpc) is 3.06. The number of hydrogen-bond donors (Lipinski definition) is 1. The monoisotopic (exact) mass is 376 g/mol. The number of aryl methyl sites for hydroxylation is 1. The molecule has 2 bridgehead atoms. The largest absolute Gasteiger partial charge is 0.335 e. The smallest absolute Gasteiger partial charge is 0.226 e. The lowest BCUT2D eigenvalue weighted by Gasteiger charge is -2.44. The molecule has 3 fully saturated rings. The minimum absolute atomic E-state index is 0. The summed E-state index contributed by atoms with van der Waals surface area (Å²) in [4.78, 5) is 15.6. The van der Waals surface area contributed by atoms with Gasteiger partial charge in [0.25, 0.3) is 0 Å². The Morgan fingerprint density at radius 2 is 1.77 bits per heavy atom. The van der Waals surface area contributed by atoms with Crippen molar-refractivity contribution >= 4 is 18.3 Å². The molecule has 1 aromatic carbocycles. The van der Waals surface area contributed by atoms with Gasteiger partial charge in [-0.25, -0.2) is 0 Å². The topological polar surface area (TPSA) is 46.3 Å². The molecule has 1 heterocycles. The van der Waals surface area contributed by atoms with Crippen LogP contribution < -0.4 is 5.73 Å². The van der Waals surface area contributed by atoms with Crippen LogP contribution in [0.4, 0.5) is 0 Å². The van der Waals surface area contributed by atoms with E-state index in [1.54, 1.807) is 0 Å². The predicted octanol–water partition coefficient (Wildman–Crippen LogP) is 4.54. The van der Waals surface area contributed by atoms with Crippen LogP contribution in [0.25, 0.3) is 0 Å². The van der Waals surface area contributed by atoms with Crippen molar-refractivity contribution in [2.24, 2.45) is 23.5 Å². The Labute approximate surface area is 164 Å². The number of likely N-dealkylation sites (tertiary alicyclic amines) is 1. The maximum Gasteiger partial charge on any atom is 0.226 e. The van der Waals surface area contributed by atoms with Gasteiger partial charge in [0.2, 0.25) is 5.91 Å². The van der Waals surface area contributed by atoms with Gasteiger partial charge in [-0.05, 0) is 80.9 Å². The fourth-order valence-electron chi connectivity index (χ4n) is 5.71. The zero-order valence-corrected chi connectivity index (χ0v) is 16.9. The van der Waals surface area contributed by atoms with E-state index in [1.807, 2.05) is 0 Å². The first-order valence-corrected chi connectivity index (χ1v) is 10.2. The second kappa shape index (κ2) is 7.90. The molecule has 1 aliphatic heterocycles. The van der Waals surface area contributed by atoms with Gasteiger partial charge in [-0.1, -0.05) is 24.6 Å². The van der Waals surface area contributed by atoms with Crippen LogP contribution in [-0.2, 0) is 4.79 Å². The van der Waals surface area contributed by atoms with Crippen LogP contribution in [0.2, 0.25) is 0 Å². The van der Waals surface area contributed by atoms with Gasteiger partial charge in [-0.2, -0.15) is 0 Å². The molecule has 144 valence electrons. The van der Waals surface area contributed by atoms with Gasteiger partial charge < -0.3 is 10.6 Å². The lowest BCUT2D eigenvalue weighted by Crippen LogP contribution is -2.49. The highest BCUT2D eigenvalue weighted by Crippen LogP contribution is 2.44. The molecule has 0 radical (unpaired) electrons. The van der Waals surface area contributed by atoms with Crippen molar-refractivity contribution < 1.29 is 4.79 Å². The fraction of sp³-hybridized carbons (Fsp3) is 0.682. The van der Waals surface area contributed by atoms with E-state index >= 15 is 0 Å². The standard InChI is InChI=1S/C22H32N2O.ClH/c1-14-6-3-9-19(15(14)2)20-10-5-11-24(20)22(25)18-12-16-7-4-8-17(13-18)21(16)23;/h3,6,9,16-18,20-21H,4-5,7-8,10-13,23H2,1-2H3;1H. The molecule has 4 rings (SSSR count). The molecule has 3 atom stereocenters. The maximum atomic E-state index is 13.4. The molecule has 2 saturated carbocycles. The van der Waals surface area contributed by atoms with Crippen molar-refractivity contribution in [3.05, 3.63) is 34.9 Å². The molecular formula is C22H33ClN2O. The number of carbonyl (C=O) groups excluding carboxylic acids is 1. The van der Waals surface area contributed by atoms with Gasteiger partial charge in [0.15, 0.2) is 0 Å². The third-order valence-electron chi connectivity index (χ3n) is 7.30. The summed E-state index contributed by atoms with van der Waals surface area (Å²) in [6.07, 6.45) is 8.03. The number of rotatable bonds is 2. The highest BCUT2D eigenvalue weighted by atomic mass is 35.5. The lowest BCUT2D eigenvalue weighted by molar-refractivity contribution is -0.139. The molecule has 2 N–H and O–H groups in total. The van der Waals surface area contributed by atoms with Crippen LogP contribution in [0, 0.1) is 31.6 Å². The molecule has 4 heteroatoms. The number of nitrogens with two attached hydrogens (primary N) is 1. The summed E-state index contributed by atoms with van der Waals surface area (Å²) in [5, 5.41) is 0. The summed E-state index contributed by atoms with van der Waals surface area (Å²) in [6.45, 7) is 5.30. The Morgan fingerprint density at radius 1 is 1.08 bits per heavy atom. The molecule has 3 aliphatic rings. The number of fused-ring (bicyclic) bond motifs is 2. The number of nitrogens with zero attached hydrogens (tertiary/aromatic N) is 1. The molecule has 1 amide bonds. The van der Waals surface area contributed by atoms with Crippen LogP contribution in [0.1, 0.15) is 67.7 Å². The number of carbonyl (C=O) groups is 1. The Bertz CT molecular complexity index is 648. The first-order valence-electron chi connectivity index (χ1n) is 10.2. The van der Waals surface area contributed by atoms with Crippen LogP contribution >= 0.6 is 12.4 Å². The average molecular weight is 377 g/mol. The highest BCUT2D eigenvalue weighted by Gasteiger charge is 2.43. The summed E-state index contributed by atoms with van der Waals surface area (Å²) in [6, 6.07) is 7.16. The van der Waals surface area contributed by atoms with E-state index in [9.17, 15) is 4.79 Å². The summed E-state index contributed by atoms with van der Waals surface area (Å²) < 4.78 is 0. The van der Waals surface area contributed by atoms with Gasteiger partial charge in [0.1, 0.15) is 0 Å². The predicted molar refractivity (Wildman–Crippen MR) is 108 cm³/mol. The second-order valence-electron chi connectivity index (χ2n) is 8.68. The van der Waals surface area contributed by atoms with Crippen molar-refractivity contribution in [3.8, 4) is 0 Å². The minimum Gasteiger partial charge on any atom is -0.335 e. The summed E-state index contributed by atoms with van der Waals surface area (Å²) in [5.41, 5.74) is 10.5. The zero-order valence-electron chi connectivity index (χ0n) is 16.1. The van der Waals surface area contributed by atoms with E-state index in [0.29, 0.717) is 23.8 Å². The minimum atomic E-state index is 0. The first kappa shape index (κ1) is 19.7. The van der Waals surface area contributed by atoms with Crippen LogP contribution in [-0.4, -0.2) is 23.4 Å². The zero-order chi connectivity index (χ0) is 17.6. The molecule has 0 aromatic heterocycles. The van der Waals surface area contributed by atoms with Gasteiger partial charge in [0.05, 0.1) is 6.04 Å². The summed E-state index contributed by atoms with van der Waals surface area (Å²) >= 11 is 0. The molecule has 26 heavy (non-hydrogen) atoms. The summed E-state index contributed by atoms with van der Waals surface area (Å²) in [7, 11) is 0. The lowest BCUT2D eigenvalue weighted by atomic mass is 9.65. The van der Waals surface area contributed by atoms with Crippen molar-refractivity contribution in [2.75, 3.05) is 6.54 Å². The third kappa shape index (κ3) is 3.41. The van der Waals surface area contributed by atoms with Crippen LogP contribution in [0.5, 0.6) is 0 Å². The Morgan fingerprint density at radius 3 is 2.46 bits per heavy atom. The van der Waals surface area contributed by atoms with E-state index in [4.69, 9.17) is 5.73 Å². The van der Waals surface area contributed by atoms with E-state index in [1.165, 1.54) is 36.0 Å². The van der Waals surface area contributed by atoms with Crippen molar-refractivity contribution in [1.29, 1.82) is 0 Å². The van der Waals surface area contributed by atoms with Gasteiger partial charge in [-0.3, -0.25) is 4.79 Å². The first-order chi connectivity index (χ1) is 12.1. The quantitative estimate of drug-likeness (QED) is 0.823. The summed E-state index contributed by atoms with van der Waals surface area (Å²) in [5.74, 6) is 1.76. The number of amides is 1. The maximum absolute atomic E-state index is 13.4. The van der Waals surface area contributed by atoms with Gasteiger partial charge in [0, 0.05) is 18.5 Å². The van der Waals surface area contributed by atoms with E-state index in [2.05, 4.69) is 36.9 Å². The molecule has 2 aliphatic carbocycles. The Balaban J connectivity index is 0.00000196. The molecule has 3 nitrogen and oxygen atoms in total. The molecular weight excluding hydrogens is 344 g/mol. The second-order valence-corrected chi connectivity index (χ2v) is 8.68. The molecule has 0 spiro atoms. The van der Waals surface area contributed by atoms with Crippen molar-refractivity contribution in [1.82, 2.24) is 4.90 Å². The number of hydrogen-bond acceptors (Lipinski definition) is 2. The normalized spacial score (nSPS) is 33.7. The third-order valence-corrected chi connectivity index (χ3v) is 7.30. The van der Waals surface area contributed by atoms with Crippen LogP contribution in [0.15, 0.2) is 18.2 Å². The molecule has 1 saturated heterocycles. The Hall–Kier alpha value is -1.06. The molecule has 1 aromatic rings. The number of halogens is 1. The highest BCUT2D eigenvalue weighted by molar-refractivity contribution is 5.85. The van der Waals surface area contributed by atoms with E-state index in [-0.39, 0.29) is 24.4 Å². The van der Waals surface area contributed by atoms with E-state index < -0.39 is 0 Å². The number of benzene rings is 1. The van der Waals surface area contributed by atoms with E-state index in [0.717, 1.165) is 32.2 Å². The van der Waals surface area contributed by atoms with Gasteiger partial charge in [-0.15, -0.1) is 12.4 Å². The fourth-order valence-corrected chi connectivity index (χ4v) is 5.71. The Kier molecular flexibility index (Phi) is 5.98.